The van der Waals surface area contributed by atoms with E-state index >= 15 is 0 Å². The van der Waals surface area contributed by atoms with Gasteiger partial charge in [0.15, 0.2) is 0 Å². The first-order valence-electron chi connectivity index (χ1n) is 11.7. The molecule has 0 saturated carbocycles. The van der Waals surface area contributed by atoms with Crippen molar-refractivity contribution in [3.05, 3.63) is 64.9 Å². The zero-order chi connectivity index (χ0) is 28.7. The molecular weight excluding hydrogens is 545 g/mol. The lowest BCUT2D eigenvalue weighted by Gasteiger charge is -2.21. The molecule has 0 spiro atoms. The molecule has 1 unspecified atom stereocenters. The number of amides is 2. The Morgan fingerprint density at radius 2 is 1.74 bits per heavy atom. The zero-order valence-electron chi connectivity index (χ0n) is 22.2. The van der Waals surface area contributed by atoms with Gasteiger partial charge in [0.2, 0.25) is 0 Å². The molecule has 39 heavy (non-hydrogen) atoms. The van der Waals surface area contributed by atoms with Gasteiger partial charge in [-0.05, 0) is 37.9 Å². The molecule has 3 rings (SSSR count). The monoisotopic (exact) mass is 575 g/mol. The third kappa shape index (κ3) is 7.42. The van der Waals surface area contributed by atoms with Crippen LogP contribution in [-0.2, 0) is 6.54 Å². The molecule has 0 radical (unpaired) electrons. The van der Waals surface area contributed by atoms with Crippen molar-refractivity contribution in [3.8, 4) is 11.5 Å². The molecule has 1 aromatic heterocycles. The van der Waals surface area contributed by atoms with E-state index in [-0.39, 0.29) is 33.0 Å². The van der Waals surface area contributed by atoms with E-state index in [0.717, 1.165) is 5.56 Å². The number of anilines is 5. The number of nitrogens with one attached hydrogen (secondary N) is 3. The molecular formula is C26H31Cl2N7O4. The van der Waals surface area contributed by atoms with Gasteiger partial charge in [0.05, 0.1) is 31.3 Å². The topological polar surface area (TPSA) is 124 Å². The van der Waals surface area contributed by atoms with Crippen LogP contribution in [0, 0.1) is 0 Å². The van der Waals surface area contributed by atoms with Gasteiger partial charge in [0, 0.05) is 25.7 Å². The molecule has 4 N–H and O–H groups in total. The highest BCUT2D eigenvalue weighted by Gasteiger charge is 2.22. The van der Waals surface area contributed by atoms with E-state index in [1.54, 1.807) is 6.07 Å². The Morgan fingerprint density at radius 1 is 1.08 bits per heavy atom. The maximum atomic E-state index is 13.1. The van der Waals surface area contributed by atoms with Crippen LogP contribution in [0.2, 0.25) is 10.0 Å². The van der Waals surface area contributed by atoms with Crippen molar-refractivity contribution in [1.29, 1.82) is 0 Å². The molecule has 2 aromatic carbocycles. The number of halogens is 2. The van der Waals surface area contributed by atoms with Crippen LogP contribution in [0.25, 0.3) is 0 Å². The Kier molecular flexibility index (Phi) is 10.2. The maximum absolute atomic E-state index is 13.1. The normalized spacial score (nSPS) is 11.5. The van der Waals surface area contributed by atoms with Crippen molar-refractivity contribution < 1.29 is 19.4 Å². The maximum Gasteiger partial charge on any atom is 0.327 e. The molecule has 11 nitrogen and oxygen atoms in total. The molecule has 3 aromatic rings. The number of methoxy groups -OCH3 is 2. The second kappa shape index (κ2) is 13.3. The summed E-state index contributed by atoms with van der Waals surface area (Å²) >= 11 is 12.8. The number of nitrogens with zero attached hydrogens (tertiary/aromatic N) is 4. The quantitative estimate of drug-likeness (QED) is 0.180. The fourth-order valence-corrected chi connectivity index (χ4v) is 4.12. The van der Waals surface area contributed by atoms with Gasteiger partial charge in [0.25, 0.3) is 0 Å². The summed E-state index contributed by atoms with van der Waals surface area (Å²) in [4.78, 5) is 24.9. The van der Waals surface area contributed by atoms with Crippen molar-refractivity contribution in [2.45, 2.75) is 12.8 Å². The molecule has 0 bridgehead atoms. The number of aromatic nitrogens is 2. The SMILES string of the molecule is C=CC(O)Nc1cc(CN(C)C)ccc1Nc1cc(N(C)C(=O)Nc2c(Cl)c(OC)cc(OC)c2Cl)ncn1. The van der Waals surface area contributed by atoms with E-state index in [2.05, 4.69) is 32.5 Å². The van der Waals surface area contributed by atoms with Crippen LogP contribution in [0.15, 0.2) is 49.3 Å². The summed E-state index contributed by atoms with van der Waals surface area (Å²) in [6.07, 6.45) is 1.75. The number of carbonyl (C=O) groups excluding carboxylic acids is 1. The highest BCUT2D eigenvalue weighted by atomic mass is 35.5. The summed E-state index contributed by atoms with van der Waals surface area (Å²) in [5, 5.41) is 19.2. The average Bonchev–Trinajstić information content (AvgIpc) is 2.91. The van der Waals surface area contributed by atoms with Gasteiger partial charge in [-0.2, -0.15) is 0 Å². The van der Waals surface area contributed by atoms with Crippen molar-refractivity contribution in [1.82, 2.24) is 14.9 Å². The molecule has 1 atom stereocenters. The third-order valence-corrected chi connectivity index (χ3v) is 6.23. The van der Waals surface area contributed by atoms with Crippen molar-refractivity contribution in [2.24, 2.45) is 0 Å². The van der Waals surface area contributed by atoms with Gasteiger partial charge in [-0.1, -0.05) is 35.8 Å². The Balaban J connectivity index is 1.85. The van der Waals surface area contributed by atoms with Gasteiger partial charge in [-0.3, -0.25) is 4.90 Å². The molecule has 0 aliphatic heterocycles. The number of hydrogen-bond donors (Lipinski definition) is 4. The molecule has 208 valence electrons. The largest absolute Gasteiger partial charge is 0.495 e. The Morgan fingerprint density at radius 3 is 2.33 bits per heavy atom. The van der Waals surface area contributed by atoms with E-state index in [1.165, 1.54) is 44.6 Å². The first-order chi connectivity index (χ1) is 18.6. The molecule has 2 amide bonds. The minimum atomic E-state index is -0.954. The van der Waals surface area contributed by atoms with Crippen LogP contribution >= 0.6 is 23.2 Å². The fourth-order valence-electron chi connectivity index (χ4n) is 3.53. The van der Waals surface area contributed by atoms with Crippen molar-refractivity contribution in [2.75, 3.05) is 56.2 Å². The number of hydrogen-bond acceptors (Lipinski definition) is 9. The molecule has 0 fully saturated rings. The summed E-state index contributed by atoms with van der Waals surface area (Å²) < 4.78 is 10.5. The zero-order valence-corrected chi connectivity index (χ0v) is 23.8. The van der Waals surface area contributed by atoms with Gasteiger partial charge in [-0.15, -0.1) is 0 Å². The average molecular weight is 576 g/mol. The minimum absolute atomic E-state index is 0.120. The number of aliphatic hydroxyl groups is 1. The summed E-state index contributed by atoms with van der Waals surface area (Å²) in [5.41, 5.74) is 2.46. The van der Waals surface area contributed by atoms with Gasteiger partial charge in [0.1, 0.15) is 45.7 Å². The van der Waals surface area contributed by atoms with Crippen LogP contribution in [-0.4, -0.2) is 67.6 Å². The summed E-state index contributed by atoms with van der Waals surface area (Å²) in [5.74, 6) is 1.27. The number of benzene rings is 2. The molecule has 0 aliphatic rings. The summed E-state index contributed by atoms with van der Waals surface area (Å²) in [6.45, 7) is 4.33. The summed E-state index contributed by atoms with van der Waals surface area (Å²) in [6, 6.07) is 8.31. The number of aliphatic hydroxyl groups excluding tert-OH is 1. The molecule has 1 heterocycles. The first kappa shape index (κ1) is 29.8. The third-order valence-electron chi connectivity index (χ3n) is 5.48. The molecule has 13 heteroatoms. The van der Waals surface area contributed by atoms with E-state index in [4.69, 9.17) is 32.7 Å². The van der Waals surface area contributed by atoms with Gasteiger partial charge < -0.3 is 35.4 Å². The van der Waals surface area contributed by atoms with E-state index in [9.17, 15) is 9.90 Å². The second-order valence-corrected chi connectivity index (χ2v) is 9.36. The lowest BCUT2D eigenvalue weighted by molar-refractivity contribution is 0.253. The fraction of sp³-hybridized carbons (Fsp3) is 0.269. The molecule has 0 aliphatic carbocycles. The summed E-state index contributed by atoms with van der Waals surface area (Å²) in [7, 11) is 8.36. The number of carbonyl (C=O) groups is 1. The van der Waals surface area contributed by atoms with Crippen LogP contribution in [0.4, 0.5) is 33.5 Å². The van der Waals surface area contributed by atoms with Crippen LogP contribution in [0.5, 0.6) is 11.5 Å². The number of ether oxygens (including phenoxy) is 2. The predicted octanol–water partition coefficient (Wildman–Crippen LogP) is 5.19. The minimum Gasteiger partial charge on any atom is -0.495 e. The highest BCUT2D eigenvalue weighted by Crippen LogP contribution is 2.44. The highest BCUT2D eigenvalue weighted by molar-refractivity contribution is 6.41. The number of rotatable bonds is 11. The second-order valence-electron chi connectivity index (χ2n) is 8.60. The smallest absolute Gasteiger partial charge is 0.327 e. The Labute approximate surface area is 237 Å². The van der Waals surface area contributed by atoms with Crippen molar-refractivity contribution in [3.63, 3.8) is 0 Å². The van der Waals surface area contributed by atoms with Crippen LogP contribution in [0.3, 0.4) is 0 Å². The van der Waals surface area contributed by atoms with Crippen molar-refractivity contribution >= 4 is 57.9 Å². The molecule has 0 saturated heterocycles. The lowest BCUT2D eigenvalue weighted by Crippen LogP contribution is -2.32. The van der Waals surface area contributed by atoms with Crippen LogP contribution < -0.4 is 30.3 Å². The Hall–Kier alpha value is -3.77. The first-order valence-corrected chi connectivity index (χ1v) is 12.4. The van der Waals surface area contributed by atoms with E-state index in [0.29, 0.717) is 23.7 Å². The number of urea groups is 1. The Bertz CT molecular complexity index is 1310. The predicted molar refractivity (Wildman–Crippen MR) is 156 cm³/mol. The van der Waals surface area contributed by atoms with E-state index in [1.807, 2.05) is 37.2 Å². The van der Waals surface area contributed by atoms with E-state index < -0.39 is 12.3 Å². The standard InChI is InChI=1S/C26H31Cl2N7O4/c1-7-22(36)32-17-10-15(13-34(2)3)8-9-16(17)31-20-12-21(30-14-29-20)35(4)26(37)33-25-23(27)18(38-5)11-19(39-6)24(25)28/h7-12,14,22,32,36H,1,13H2,2-6H3,(H,33,37)(H,29,30,31). The van der Waals surface area contributed by atoms with Crippen LogP contribution in [0.1, 0.15) is 5.56 Å². The van der Waals surface area contributed by atoms with Gasteiger partial charge in [-0.25, -0.2) is 14.8 Å². The van der Waals surface area contributed by atoms with Gasteiger partial charge >= 0.3 is 6.03 Å². The lowest BCUT2D eigenvalue weighted by atomic mass is 10.1.